The fraction of sp³-hybridized carbons (Fsp3) is 0.438. The van der Waals surface area contributed by atoms with Crippen LogP contribution in [0.3, 0.4) is 0 Å². The molecule has 1 fully saturated rings. The van der Waals surface area contributed by atoms with Crippen LogP contribution in [0.25, 0.3) is 0 Å². The maximum absolute atomic E-state index is 13.0. The monoisotopic (exact) mass is 369 g/mol. The number of oxazole rings is 1. The van der Waals surface area contributed by atoms with Crippen molar-refractivity contribution >= 4 is 10.2 Å². The summed E-state index contributed by atoms with van der Waals surface area (Å²) < 4.78 is 51.3. The number of nitrogens with zero attached hydrogens (tertiary/aromatic N) is 3. The first-order chi connectivity index (χ1) is 11.9. The summed E-state index contributed by atoms with van der Waals surface area (Å²) in [7, 11) is -0.521. The molecule has 1 saturated heterocycles. The maximum atomic E-state index is 13.0. The van der Waals surface area contributed by atoms with Crippen LogP contribution in [0.15, 0.2) is 34.9 Å². The minimum Gasteiger partial charge on any atom is -0.442 e. The van der Waals surface area contributed by atoms with Gasteiger partial charge in [-0.05, 0) is 17.7 Å². The van der Waals surface area contributed by atoms with E-state index in [4.69, 9.17) is 9.15 Å². The molecule has 1 atom stereocenters. The molecule has 2 heterocycles. The molecular formula is C16H20FN3O4S. The fourth-order valence-electron chi connectivity index (χ4n) is 2.57. The van der Waals surface area contributed by atoms with E-state index in [-0.39, 0.29) is 19.0 Å². The van der Waals surface area contributed by atoms with Gasteiger partial charge in [0.05, 0.1) is 19.3 Å². The predicted molar refractivity (Wildman–Crippen MR) is 88.6 cm³/mol. The first kappa shape index (κ1) is 18.0. The average Bonchev–Trinajstić information content (AvgIpc) is 3.05. The summed E-state index contributed by atoms with van der Waals surface area (Å²) in [6.45, 7) is 0.713. The quantitative estimate of drug-likeness (QED) is 0.800. The van der Waals surface area contributed by atoms with E-state index in [9.17, 15) is 12.8 Å². The van der Waals surface area contributed by atoms with Crippen LogP contribution in [-0.2, 0) is 21.4 Å². The van der Waals surface area contributed by atoms with E-state index < -0.39 is 16.3 Å². The number of morpholine rings is 1. The molecule has 0 radical (unpaired) electrons. The van der Waals surface area contributed by atoms with Crippen LogP contribution in [0, 0.1) is 5.82 Å². The Labute approximate surface area is 146 Å². The molecule has 1 aromatic carbocycles. The van der Waals surface area contributed by atoms with Gasteiger partial charge in [-0.25, -0.2) is 9.37 Å². The van der Waals surface area contributed by atoms with Crippen LogP contribution in [-0.4, -0.2) is 55.8 Å². The summed E-state index contributed by atoms with van der Waals surface area (Å²) in [5.74, 6) is 0.661. The molecule has 136 valence electrons. The SMILES string of the molecule is CN(C)S(=O)(=O)N1CCO[C@@H](c2ncc(Cc3ccc(F)cc3)o2)C1. The first-order valence-corrected chi connectivity index (χ1v) is 9.24. The van der Waals surface area contributed by atoms with E-state index in [1.807, 2.05) is 0 Å². The third kappa shape index (κ3) is 4.06. The van der Waals surface area contributed by atoms with E-state index in [1.165, 1.54) is 34.8 Å². The van der Waals surface area contributed by atoms with E-state index in [0.29, 0.717) is 24.6 Å². The fourth-order valence-corrected chi connectivity index (χ4v) is 3.66. The molecule has 1 aliphatic heterocycles. The highest BCUT2D eigenvalue weighted by Crippen LogP contribution is 2.25. The van der Waals surface area contributed by atoms with Gasteiger partial charge >= 0.3 is 0 Å². The highest BCUT2D eigenvalue weighted by Gasteiger charge is 2.33. The average molecular weight is 369 g/mol. The van der Waals surface area contributed by atoms with E-state index in [0.717, 1.165) is 5.56 Å². The summed E-state index contributed by atoms with van der Waals surface area (Å²) in [6.07, 6.45) is 1.51. The Kier molecular flexibility index (Phi) is 5.19. The lowest BCUT2D eigenvalue weighted by molar-refractivity contribution is -0.0188. The van der Waals surface area contributed by atoms with Crippen molar-refractivity contribution in [2.45, 2.75) is 12.5 Å². The van der Waals surface area contributed by atoms with Crippen LogP contribution < -0.4 is 0 Å². The molecule has 0 saturated carbocycles. The number of ether oxygens (including phenoxy) is 1. The number of halogens is 1. The molecule has 2 aromatic rings. The Balaban J connectivity index is 1.70. The molecule has 1 aromatic heterocycles. The lowest BCUT2D eigenvalue weighted by atomic mass is 10.1. The van der Waals surface area contributed by atoms with Crippen LogP contribution in [0.2, 0.25) is 0 Å². The zero-order valence-corrected chi connectivity index (χ0v) is 14.9. The second-order valence-corrected chi connectivity index (χ2v) is 8.12. The lowest BCUT2D eigenvalue weighted by Gasteiger charge is -2.32. The van der Waals surface area contributed by atoms with Crippen molar-refractivity contribution in [3.63, 3.8) is 0 Å². The highest BCUT2D eigenvalue weighted by atomic mass is 32.2. The summed E-state index contributed by atoms with van der Waals surface area (Å²) in [5, 5.41) is 0. The summed E-state index contributed by atoms with van der Waals surface area (Å²) in [4.78, 5) is 4.21. The van der Waals surface area contributed by atoms with Crippen LogP contribution >= 0.6 is 0 Å². The Morgan fingerprint density at radius 3 is 2.72 bits per heavy atom. The van der Waals surface area contributed by atoms with Gasteiger partial charge in [0.2, 0.25) is 5.89 Å². The summed E-state index contributed by atoms with van der Waals surface area (Å²) in [6, 6.07) is 6.14. The van der Waals surface area contributed by atoms with Crippen molar-refractivity contribution in [1.29, 1.82) is 0 Å². The standard InChI is InChI=1S/C16H20FN3O4S/c1-19(2)25(21,22)20-7-8-23-15(11-20)16-18-10-14(24-16)9-12-3-5-13(17)6-4-12/h3-6,10,15H,7-9,11H2,1-2H3/t15-/m1/s1. The zero-order valence-electron chi connectivity index (χ0n) is 14.1. The van der Waals surface area contributed by atoms with Crippen LogP contribution in [0.4, 0.5) is 4.39 Å². The molecule has 25 heavy (non-hydrogen) atoms. The minimum absolute atomic E-state index is 0.150. The van der Waals surface area contributed by atoms with Gasteiger partial charge in [-0.1, -0.05) is 12.1 Å². The van der Waals surface area contributed by atoms with Gasteiger partial charge in [-0.2, -0.15) is 17.0 Å². The largest absolute Gasteiger partial charge is 0.442 e. The Morgan fingerprint density at radius 1 is 1.32 bits per heavy atom. The molecular weight excluding hydrogens is 349 g/mol. The highest BCUT2D eigenvalue weighted by molar-refractivity contribution is 7.86. The van der Waals surface area contributed by atoms with Crippen molar-refractivity contribution in [2.24, 2.45) is 0 Å². The summed E-state index contributed by atoms with van der Waals surface area (Å²) in [5.41, 5.74) is 0.894. The molecule has 1 aliphatic rings. The van der Waals surface area contributed by atoms with Gasteiger partial charge < -0.3 is 9.15 Å². The van der Waals surface area contributed by atoms with Crippen molar-refractivity contribution in [1.82, 2.24) is 13.6 Å². The van der Waals surface area contributed by atoms with Crippen molar-refractivity contribution in [3.8, 4) is 0 Å². The van der Waals surface area contributed by atoms with Gasteiger partial charge in [0, 0.05) is 27.1 Å². The lowest BCUT2D eigenvalue weighted by Crippen LogP contribution is -2.47. The number of aromatic nitrogens is 1. The van der Waals surface area contributed by atoms with Gasteiger partial charge in [0.15, 0.2) is 0 Å². The Bertz CT molecular complexity index is 820. The van der Waals surface area contributed by atoms with Gasteiger partial charge in [-0.15, -0.1) is 0 Å². The number of benzene rings is 1. The van der Waals surface area contributed by atoms with Crippen molar-refractivity contribution < 1.29 is 22.0 Å². The molecule has 3 rings (SSSR count). The minimum atomic E-state index is -3.50. The zero-order chi connectivity index (χ0) is 18.0. The molecule has 0 bridgehead atoms. The van der Waals surface area contributed by atoms with Crippen molar-refractivity contribution in [2.75, 3.05) is 33.8 Å². The van der Waals surface area contributed by atoms with Crippen molar-refractivity contribution in [3.05, 3.63) is 53.5 Å². The second-order valence-electron chi connectivity index (χ2n) is 5.98. The molecule has 0 spiro atoms. The van der Waals surface area contributed by atoms with E-state index in [2.05, 4.69) is 4.98 Å². The van der Waals surface area contributed by atoms with Crippen LogP contribution in [0.1, 0.15) is 23.3 Å². The number of rotatable bonds is 5. The van der Waals surface area contributed by atoms with Gasteiger partial charge in [0.25, 0.3) is 10.2 Å². The Morgan fingerprint density at radius 2 is 2.04 bits per heavy atom. The molecule has 0 aliphatic carbocycles. The van der Waals surface area contributed by atoms with E-state index >= 15 is 0 Å². The normalized spacial score (nSPS) is 19.4. The Hall–Kier alpha value is -1.81. The van der Waals surface area contributed by atoms with Gasteiger partial charge in [-0.3, -0.25) is 0 Å². The van der Waals surface area contributed by atoms with Gasteiger partial charge in [0.1, 0.15) is 17.7 Å². The molecule has 0 N–H and O–H groups in total. The third-order valence-electron chi connectivity index (χ3n) is 3.96. The molecule has 7 nitrogen and oxygen atoms in total. The molecule has 9 heteroatoms. The maximum Gasteiger partial charge on any atom is 0.281 e. The topological polar surface area (TPSA) is 75.9 Å². The third-order valence-corrected chi connectivity index (χ3v) is 5.86. The first-order valence-electron chi connectivity index (χ1n) is 7.84. The molecule has 0 amide bonds. The number of hydrogen-bond acceptors (Lipinski definition) is 5. The second kappa shape index (κ2) is 7.20. The molecule has 0 unspecified atom stereocenters. The van der Waals surface area contributed by atoms with Crippen LogP contribution in [0.5, 0.6) is 0 Å². The summed E-state index contributed by atoms with van der Waals surface area (Å²) >= 11 is 0. The smallest absolute Gasteiger partial charge is 0.281 e. The predicted octanol–water partition coefficient (Wildman–Crippen LogP) is 1.58. The van der Waals surface area contributed by atoms with E-state index in [1.54, 1.807) is 18.3 Å². The number of hydrogen-bond donors (Lipinski definition) is 0.